The third-order valence-corrected chi connectivity index (χ3v) is 2.20. The molecule has 1 aromatic heterocycles. The number of hydrogen-bond donors (Lipinski definition) is 1. The highest BCUT2D eigenvalue weighted by atomic mass is 127. The second-order valence-corrected chi connectivity index (χ2v) is 3.04. The van der Waals surface area contributed by atoms with Crippen molar-refractivity contribution in [2.24, 2.45) is 5.73 Å². The van der Waals surface area contributed by atoms with E-state index in [-0.39, 0.29) is 25.4 Å². The first kappa shape index (κ1) is 17.8. The fourth-order valence-electron chi connectivity index (χ4n) is 0.739. The van der Waals surface area contributed by atoms with Gasteiger partial charge in [-0.05, 0) is 5.56 Å². The SMILES string of the molecule is CC.I.NCCOc1ccc(CI)cn1.[HH]. The molecule has 0 saturated carbocycles. The van der Waals surface area contributed by atoms with Crippen LogP contribution >= 0.6 is 46.6 Å². The van der Waals surface area contributed by atoms with Gasteiger partial charge in [0.25, 0.3) is 0 Å². The Morgan fingerprint density at radius 1 is 1.47 bits per heavy atom. The lowest BCUT2D eigenvalue weighted by molar-refractivity contribution is 0.315. The van der Waals surface area contributed by atoms with Crippen molar-refractivity contribution < 1.29 is 6.16 Å². The van der Waals surface area contributed by atoms with Crippen molar-refractivity contribution >= 4 is 46.6 Å². The molecule has 0 aromatic carbocycles. The summed E-state index contributed by atoms with van der Waals surface area (Å²) >= 11 is 2.29. The highest BCUT2D eigenvalue weighted by molar-refractivity contribution is 14.1. The molecule has 3 nitrogen and oxygen atoms in total. The minimum absolute atomic E-state index is 0. The van der Waals surface area contributed by atoms with Crippen LogP contribution in [0.25, 0.3) is 0 Å². The summed E-state index contributed by atoms with van der Waals surface area (Å²) in [6, 6.07) is 3.87. The monoisotopic (exact) mass is 438 g/mol. The molecule has 0 bridgehead atoms. The summed E-state index contributed by atoms with van der Waals surface area (Å²) in [6.07, 6.45) is 1.82. The molecule has 1 heterocycles. The lowest BCUT2D eigenvalue weighted by Crippen LogP contribution is -2.11. The maximum Gasteiger partial charge on any atom is 0.213 e. The number of hydrogen-bond acceptors (Lipinski definition) is 3. The Morgan fingerprint density at radius 3 is 2.53 bits per heavy atom. The van der Waals surface area contributed by atoms with E-state index in [2.05, 4.69) is 27.6 Å². The van der Waals surface area contributed by atoms with E-state index in [1.807, 2.05) is 32.2 Å². The Morgan fingerprint density at radius 2 is 2.13 bits per heavy atom. The van der Waals surface area contributed by atoms with Crippen LogP contribution in [-0.2, 0) is 4.43 Å². The molecular formula is C10H20I2N2O. The van der Waals surface area contributed by atoms with Crippen LogP contribution < -0.4 is 10.5 Å². The molecule has 5 heteroatoms. The number of nitrogens with zero attached hydrogens (tertiary/aromatic N) is 1. The van der Waals surface area contributed by atoms with Crippen molar-refractivity contribution in [1.82, 2.24) is 4.98 Å². The van der Waals surface area contributed by atoms with Gasteiger partial charge in [0, 0.05) is 24.7 Å². The van der Waals surface area contributed by atoms with Crippen LogP contribution in [0.3, 0.4) is 0 Å². The van der Waals surface area contributed by atoms with Crippen molar-refractivity contribution in [3.05, 3.63) is 23.9 Å². The van der Waals surface area contributed by atoms with Crippen molar-refractivity contribution in [3.8, 4) is 5.88 Å². The third kappa shape index (κ3) is 8.21. The summed E-state index contributed by atoms with van der Waals surface area (Å²) in [5, 5.41) is 0. The van der Waals surface area contributed by atoms with Crippen molar-refractivity contribution in [2.45, 2.75) is 18.3 Å². The highest BCUT2D eigenvalue weighted by Gasteiger charge is 1.94. The van der Waals surface area contributed by atoms with Crippen molar-refractivity contribution in [1.29, 1.82) is 0 Å². The largest absolute Gasteiger partial charge is 0.476 e. The average molecular weight is 438 g/mol. The molecule has 0 amide bonds. The Balaban J connectivity index is -0.000000399. The summed E-state index contributed by atoms with van der Waals surface area (Å²) in [5.41, 5.74) is 6.48. The molecule has 0 aliphatic heterocycles. The van der Waals surface area contributed by atoms with Crippen LogP contribution in [0.5, 0.6) is 5.88 Å². The third-order valence-electron chi connectivity index (χ3n) is 1.32. The zero-order chi connectivity index (χ0) is 10.8. The normalized spacial score (nSPS) is 8.27. The maximum atomic E-state index is 5.28. The van der Waals surface area contributed by atoms with E-state index in [1.54, 1.807) is 0 Å². The molecule has 0 atom stereocenters. The van der Waals surface area contributed by atoms with Crippen molar-refractivity contribution in [2.75, 3.05) is 13.2 Å². The van der Waals surface area contributed by atoms with Gasteiger partial charge in [-0.2, -0.15) is 0 Å². The van der Waals surface area contributed by atoms with Gasteiger partial charge in [-0.25, -0.2) is 4.98 Å². The van der Waals surface area contributed by atoms with E-state index >= 15 is 0 Å². The fourth-order valence-corrected chi connectivity index (χ4v) is 1.19. The Hall–Kier alpha value is 0.370. The van der Waals surface area contributed by atoms with Crippen LogP contribution in [0, 0.1) is 0 Å². The zero-order valence-electron chi connectivity index (χ0n) is 9.07. The molecule has 0 unspecified atom stereocenters. The number of aromatic nitrogens is 1. The Kier molecular flexibility index (Phi) is 14.7. The maximum absolute atomic E-state index is 5.28. The molecule has 0 aliphatic rings. The number of halogens is 2. The predicted molar refractivity (Wildman–Crippen MR) is 85.4 cm³/mol. The molecule has 0 radical (unpaired) electrons. The molecule has 90 valence electrons. The quantitative estimate of drug-likeness (QED) is 0.581. The first-order chi connectivity index (χ1) is 6.86. The smallest absolute Gasteiger partial charge is 0.213 e. The minimum atomic E-state index is 0. The van der Waals surface area contributed by atoms with Gasteiger partial charge in [0.2, 0.25) is 5.88 Å². The minimum Gasteiger partial charge on any atom is -0.476 e. The number of nitrogens with two attached hydrogens (primary N) is 1. The van der Waals surface area contributed by atoms with Gasteiger partial charge in [-0.15, -0.1) is 24.0 Å². The van der Waals surface area contributed by atoms with Gasteiger partial charge >= 0.3 is 0 Å². The molecule has 2 N–H and O–H groups in total. The average Bonchev–Trinajstić information content (AvgIpc) is 2.30. The summed E-state index contributed by atoms with van der Waals surface area (Å²) in [4.78, 5) is 4.10. The summed E-state index contributed by atoms with van der Waals surface area (Å²) in [5.74, 6) is 0.647. The Labute approximate surface area is 124 Å². The molecule has 15 heavy (non-hydrogen) atoms. The van der Waals surface area contributed by atoms with Gasteiger partial charge in [-0.1, -0.05) is 42.5 Å². The van der Waals surface area contributed by atoms with E-state index in [9.17, 15) is 0 Å². The highest BCUT2D eigenvalue weighted by Crippen LogP contribution is 2.09. The van der Waals surface area contributed by atoms with E-state index in [0.29, 0.717) is 19.0 Å². The summed E-state index contributed by atoms with van der Waals surface area (Å²) in [6.45, 7) is 5.05. The fraction of sp³-hybridized carbons (Fsp3) is 0.500. The molecular weight excluding hydrogens is 418 g/mol. The number of rotatable bonds is 4. The zero-order valence-corrected chi connectivity index (χ0v) is 13.6. The number of alkyl halides is 1. The van der Waals surface area contributed by atoms with Crippen LogP contribution in [0.1, 0.15) is 20.8 Å². The summed E-state index contributed by atoms with van der Waals surface area (Å²) < 4.78 is 6.19. The van der Waals surface area contributed by atoms with Crippen LogP contribution in [0.15, 0.2) is 18.3 Å². The van der Waals surface area contributed by atoms with Gasteiger partial charge in [0.15, 0.2) is 0 Å². The topological polar surface area (TPSA) is 48.1 Å². The second kappa shape index (κ2) is 12.4. The number of ether oxygens (including phenoxy) is 1. The predicted octanol–water partition coefficient (Wildman–Crippen LogP) is 3.24. The van der Waals surface area contributed by atoms with Gasteiger partial charge in [0.1, 0.15) is 6.61 Å². The van der Waals surface area contributed by atoms with Crippen molar-refractivity contribution in [3.63, 3.8) is 0 Å². The Bertz CT molecular complexity index is 235. The van der Waals surface area contributed by atoms with Gasteiger partial charge in [0.05, 0.1) is 0 Å². The standard InChI is InChI=1S/C8H11IN2O.C2H6.HI.H2/c9-5-7-1-2-8(11-6-7)12-4-3-10;1-2;;/h1-2,6H,3-5,10H2;1-2H3;2*1H. The lowest BCUT2D eigenvalue weighted by atomic mass is 10.3. The first-order valence-corrected chi connectivity index (χ1v) is 6.23. The molecule has 0 fully saturated rings. The molecule has 1 aromatic rings. The second-order valence-electron chi connectivity index (χ2n) is 2.28. The van der Waals surface area contributed by atoms with E-state index in [0.717, 1.165) is 4.43 Å². The van der Waals surface area contributed by atoms with Gasteiger partial charge in [-0.3, -0.25) is 0 Å². The van der Waals surface area contributed by atoms with Crippen LogP contribution in [0.2, 0.25) is 0 Å². The summed E-state index contributed by atoms with van der Waals surface area (Å²) in [7, 11) is 0. The van der Waals surface area contributed by atoms with E-state index < -0.39 is 0 Å². The van der Waals surface area contributed by atoms with E-state index in [4.69, 9.17) is 10.5 Å². The van der Waals surface area contributed by atoms with Gasteiger partial charge < -0.3 is 10.5 Å². The van der Waals surface area contributed by atoms with Crippen LogP contribution in [-0.4, -0.2) is 18.1 Å². The molecule has 0 aliphatic carbocycles. The molecule has 0 spiro atoms. The lowest BCUT2D eigenvalue weighted by Gasteiger charge is -2.02. The van der Waals surface area contributed by atoms with Crippen LogP contribution in [0.4, 0.5) is 0 Å². The molecule has 1 rings (SSSR count). The number of pyridine rings is 1. The molecule has 0 saturated heterocycles. The first-order valence-electron chi connectivity index (χ1n) is 4.70. The van der Waals surface area contributed by atoms with E-state index in [1.165, 1.54) is 5.56 Å².